The Balaban J connectivity index is 1.90. The molecule has 1 unspecified atom stereocenters. The van der Waals surface area contributed by atoms with E-state index >= 15 is 0 Å². The first-order valence-corrected chi connectivity index (χ1v) is 8.55. The van der Waals surface area contributed by atoms with Crippen molar-refractivity contribution in [3.8, 4) is 5.75 Å². The molecule has 0 aliphatic heterocycles. The van der Waals surface area contributed by atoms with Gasteiger partial charge in [0, 0.05) is 24.5 Å². The molecule has 0 spiro atoms. The molecule has 2 rings (SSSR count). The number of aliphatic hydroxyl groups excluding tert-OH is 1. The highest BCUT2D eigenvalue weighted by molar-refractivity contribution is 7.09. The molecule has 1 aromatic carbocycles. The normalized spacial score (nSPS) is 12.8. The predicted molar refractivity (Wildman–Crippen MR) is 90.1 cm³/mol. The summed E-state index contributed by atoms with van der Waals surface area (Å²) in [7, 11) is 0. The SMILES string of the molecule is CC(O)CN(Cc1csc(COc2ccc(F)cc2)n1)C(C)C. The quantitative estimate of drug-likeness (QED) is 0.801. The Labute approximate surface area is 140 Å². The van der Waals surface area contributed by atoms with Crippen molar-refractivity contribution >= 4 is 11.3 Å². The van der Waals surface area contributed by atoms with Gasteiger partial charge in [0.15, 0.2) is 0 Å². The van der Waals surface area contributed by atoms with E-state index in [0.29, 0.717) is 31.5 Å². The molecule has 2 aromatic rings. The van der Waals surface area contributed by atoms with E-state index in [1.54, 1.807) is 30.4 Å². The van der Waals surface area contributed by atoms with Gasteiger partial charge in [-0.2, -0.15) is 0 Å². The fourth-order valence-electron chi connectivity index (χ4n) is 2.17. The fraction of sp³-hybridized carbons (Fsp3) is 0.471. The number of hydrogen-bond donors (Lipinski definition) is 1. The molecule has 23 heavy (non-hydrogen) atoms. The molecule has 0 aliphatic rings. The lowest BCUT2D eigenvalue weighted by molar-refractivity contribution is 0.102. The van der Waals surface area contributed by atoms with E-state index in [-0.39, 0.29) is 11.9 Å². The van der Waals surface area contributed by atoms with Crippen LogP contribution in [0.15, 0.2) is 29.6 Å². The molecule has 0 bridgehead atoms. The van der Waals surface area contributed by atoms with Gasteiger partial charge in [0.2, 0.25) is 0 Å². The lowest BCUT2D eigenvalue weighted by Crippen LogP contribution is -2.36. The Bertz CT molecular complexity index is 599. The van der Waals surface area contributed by atoms with Gasteiger partial charge in [-0.15, -0.1) is 11.3 Å². The average Bonchev–Trinajstić information content (AvgIpc) is 2.93. The van der Waals surface area contributed by atoms with Gasteiger partial charge in [-0.05, 0) is 45.0 Å². The lowest BCUT2D eigenvalue weighted by atomic mass is 10.2. The third-order valence-corrected chi connectivity index (χ3v) is 4.24. The molecule has 0 aliphatic carbocycles. The Morgan fingerprint density at radius 3 is 2.57 bits per heavy atom. The summed E-state index contributed by atoms with van der Waals surface area (Å²) in [6, 6.07) is 6.29. The molecular formula is C17H23FN2O2S. The molecule has 126 valence electrons. The van der Waals surface area contributed by atoms with E-state index in [0.717, 1.165) is 10.7 Å². The van der Waals surface area contributed by atoms with Crippen LogP contribution in [0, 0.1) is 5.82 Å². The van der Waals surface area contributed by atoms with E-state index < -0.39 is 0 Å². The molecule has 1 aromatic heterocycles. The first-order chi connectivity index (χ1) is 10.9. The van der Waals surface area contributed by atoms with Crippen LogP contribution in [0.1, 0.15) is 31.5 Å². The van der Waals surface area contributed by atoms with Crippen LogP contribution in [0.25, 0.3) is 0 Å². The van der Waals surface area contributed by atoms with Crippen LogP contribution in [-0.2, 0) is 13.2 Å². The fourth-order valence-corrected chi connectivity index (χ4v) is 2.87. The number of aromatic nitrogens is 1. The van der Waals surface area contributed by atoms with Gasteiger partial charge in [0.05, 0.1) is 11.8 Å². The van der Waals surface area contributed by atoms with E-state index in [1.807, 2.05) is 5.38 Å². The lowest BCUT2D eigenvalue weighted by Gasteiger charge is -2.26. The molecule has 1 N–H and O–H groups in total. The maximum atomic E-state index is 12.8. The van der Waals surface area contributed by atoms with Gasteiger partial charge >= 0.3 is 0 Å². The van der Waals surface area contributed by atoms with E-state index in [2.05, 4.69) is 23.7 Å². The maximum Gasteiger partial charge on any atom is 0.140 e. The van der Waals surface area contributed by atoms with Crippen molar-refractivity contribution in [3.05, 3.63) is 46.2 Å². The number of nitrogens with zero attached hydrogens (tertiary/aromatic N) is 2. The predicted octanol–water partition coefficient (Wildman–Crippen LogP) is 3.45. The molecule has 4 nitrogen and oxygen atoms in total. The summed E-state index contributed by atoms with van der Waals surface area (Å²) in [5, 5.41) is 12.5. The molecule has 0 amide bonds. The van der Waals surface area contributed by atoms with E-state index in [4.69, 9.17) is 4.74 Å². The highest BCUT2D eigenvalue weighted by atomic mass is 32.1. The molecule has 0 radical (unpaired) electrons. The number of ether oxygens (including phenoxy) is 1. The largest absolute Gasteiger partial charge is 0.486 e. The maximum absolute atomic E-state index is 12.8. The van der Waals surface area contributed by atoms with Crippen molar-refractivity contribution in [2.24, 2.45) is 0 Å². The number of rotatable bonds is 8. The van der Waals surface area contributed by atoms with Crippen LogP contribution in [0.3, 0.4) is 0 Å². The molecule has 0 saturated carbocycles. The zero-order valence-electron chi connectivity index (χ0n) is 13.7. The van der Waals surface area contributed by atoms with Crippen molar-refractivity contribution in [2.45, 2.75) is 46.1 Å². The van der Waals surface area contributed by atoms with Gasteiger partial charge in [0.1, 0.15) is 23.2 Å². The van der Waals surface area contributed by atoms with Gasteiger partial charge < -0.3 is 9.84 Å². The van der Waals surface area contributed by atoms with Gasteiger partial charge in [-0.1, -0.05) is 0 Å². The smallest absolute Gasteiger partial charge is 0.140 e. The number of hydrogen-bond acceptors (Lipinski definition) is 5. The third kappa shape index (κ3) is 5.89. The number of thiazole rings is 1. The van der Waals surface area contributed by atoms with Crippen LogP contribution in [-0.4, -0.2) is 33.7 Å². The summed E-state index contributed by atoms with van der Waals surface area (Å²) in [5.41, 5.74) is 0.974. The summed E-state index contributed by atoms with van der Waals surface area (Å²) in [6.45, 7) is 7.69. The second-order valence-corrected chi connectivity index (χ2v) is 6.79. The second kappa shape index (κ2) is 8.38. The van der Waals surface area contributed by atoms with Crippen LogP contribution < -0.4 is 4.74 Å². The summed E-state index contributed by atoms with van der Waals surface area (Å²) in [4.78, 5) is 6.75. The standard InChI is InChI=1S/C17H23FN2O2S/c1-12(2)20(8-13(3)21)9-15-11-23-17(19-15)10-22-16-6-4-14(18)5-7-16/h4-7,11-13,21H,8-10H2,1-3H3. The van der Waals surface area contributed by atoms with Crippen molar-refractivity contribution in [1.82, 2.24) is 9.88 Å². The van der Waals surface area contributed by atoms with Crippen molar-refractivity contribution in [3.63, 3.8) is 0 Å². The van der Waals surface area contributed by atoms with Crippen molar-refractivity contribution < 1.29 is 14.2 Å². The average molecular weight is 338 g/mol. The Hall–Kier alpha value is -1.50. The highest BCUT2D eigenvalue weighted by Crippen LogP contribution is 2.17. The van der Waals surface area contributed by atoms with Crippen LogP contribution >= 0.6 is 11.3 Å². The van der Waals surface area contributed by atoms with E-state index in [9.17, 15) is 9.50 Å². The first kappa shape index (κ1) is 17.8. The van der Waals surface area contributed by atoms with Gasteiger partial charge in [0.25, 0.3) is 0 Å². The summed E-state index contributed by atoms with van der Waals surface area (Å²) in [6.07, 6.45) is -0.364. The Morgan fingerprint density at radius 1 is 1.26 bits per heavy atom. The molecule has 1 heterocycles. The Kier molecular flexibility index (Phi) is 6.50. The first-order valence-electron chi connectivity index (χ1n) is 7.68. The zero-order valence-corrected chi connectivity index (χ0v) is 14.5. The third-order valence-electron chi connectivity index (χ3n) is 3.37. The van der Waals surface area contributed by atoms with Gasteiger partial charge in [-0.3, -0.25) is 4.90 Å². The van der Waals surface area contributed by atoms with Crippen LogP contribution in [0.4, 0.5) is 4.39 Å². The van der Waals surface area contributed by atoms with E-state index in [1.165, 1.54) is 12.1 Å². The minimum absolute atomic E-state index is 0.277. The Morgan fingerprint density at radius 2 is 1.96 bits per heavy atom. The molecule has 0 saturated heterocycles. The highest BCUT2D eigenvalue weighted by Gasteiger charge is 2.14. The zero-order chi connectivity index (χ0) is 16.8. The summed E-state index contributed by atoms with van der Waals surface area (Å²) >= 11 is 1.55. The minimum Gasteiger partial charge on any atom is -0.486 e. The summed E-state index contributed by atoms with van der Waals surface area (Å²) in [5.74, 6) is 0.349. The molecular weight excluding hydrogens is 315 g/mol. The minimum atomic E-state index is -0.364. The topological polar surface area (TPSA) is 45.6 Å². The van der Waals surface area contributed by atoms with Crippen molar-refractivity contribution in [2.75, 3.05) is 6.54 Å². The van der Waals surface area contributed by atoms with Crippen LogP contribution in [0.5, 0.6) is 5.75 Å². The van der Waals surface area contributed by atoms with Crippen molar-refractivity contribution in [1.29, 1.82) is 0 Å². The number of halogens is 1. The monoisotopic (exact) mass is 338 g/mol. The summed E-state index contributed by atoms with van der Waals surface area (Å²) < 4.78 is 18.4. The number of benzene rings is 1. The molecule has 0 fully saturated rings. The molecule has 6 heteroatoms. The molecule has 1 atom stereocenters. The second-order valence-electron chi connectivity index (χ2n) is 5.85. The number of aliphatic hydroxyl groups is 1. The van der Waals surface area contributed by atoms with Gasteiger partial charge in [-0.25, -0.2) is 9.37 Å². The van der Waals surface area contributed by atoms with Crippen LogP contribution in [0.2, 0.25) is 0 Å².